The maximum atomic E-state index is 12.3. The van der Waals surface area contributed by atoms with Gasteiger partial charge in [0.05, 0.1) is 5.52 Å². The Morgan fingerprint density at radius 3 is 2.75 bits per heavy atom. The Labute approximate surface area is 162 Å². The van der Waals surface area contributed by atoms with Gasteiger partial charge in [-0.25, -0.2) is 0 Å². The monoisotopic (exact) mass is 378 g/mol. The molecule has 0 aliphatic carbocycles. The summed E-state index contributed by atoms with van der Waals surface area (Å²) in [5.74, 6) is 1.50. The highest BCUT2D eigenvalue weighted by molar-refractivity contribution is 5.93. The van der Waals surface area contributed by atoms with Crippen molar-refractivity contribution in [2.75, 3.05) is 18.5 Å². The lowest BCUT2D eigenvalue weighted by molar-refractivity contribution is -0.116. The highest BCUT2D eigenvalue weighted by atomic mass is 16.6. The molecular formula is C22H22N2O4. The molecule has 144 valence electrons. The van der Waals surface area contributed by atoms with Gasteiger partial charge in [0.2, 0.25) is 5.91 Å². The summed E-state index contributed by atoms with van der Waals surface area (Å²) in [7, 11) is 0. The number of aryl methyl sites for hydroxylation is 2. The fourth-order valence-corrected chi connectivity index (χ4v) is 3.31. The van der Waals surface area contributed by atoms with Gasteiger partial charge in [-0.2, -0.15) is 0 Å². The van der Waals surface area contributed by atoms with Gasteiger partial charge in [0.1, 0.15) is 13.2 Å². The number of aromatic amines is 1. The van der Waals surface area contributed by atoms with Gasteiger partial charge >= 0.3 is 0 Å². The molecule has 6 nitrogen and oxygen atoms in total. The van der Waals surface area contributed by atoms with Crippen molar-refractivity contribution in [3.05, 3.63) is 63.9 Å². The Morgan fingerprint density at radius 2 is 1.89 bits per heavy atom. The van der Waals surface area contributed by atoms with Crippen LogP contribution < -0.4 is 20.3 Å². The van der Waals surface area contributed by atoms with Crippen LogP contribution in [-0.4, -0.2) is 24.1 Å². The Bertz CT molecular complexity index is 1090. The third kappa shape index (κ3) is 4.01. The maximum absolute atomic E-state index is 12.3. The number of amides is 1. The van der Waals surface area contributed by atoms with Crippen molar-refractivity contribution in [3.63, 3.8) is 0 Å². The number of nitrogens with one attached hydrogen (secondary N) is 2. The average molecular weight is 378 g/mol. The average Bonchev–Trinajstić information content (AvgIpc) is 2.69. The minimum absolute atomic E-state index is 0.0497. The minimum Gasteiger partial charge on any atom is -0.486 e. The van der Waals surface area contributed by atoms with Gasteiger partial charge in [0, 0.05) is 17.7 Å². The van der Waals surface area contributed by atoms with Crippen LogP contribution in [0.5, 0.6) is 11.5 Å². The molecular weight excluding hydrogens is 356 g/mol. The molecule has 3 aromatic rings. The number of anilines is 1. The van der Waals surface area contributed by atoms with E-state index in [1.165, 1.54) is 0 Å². The number of pyridine rings is 1. The molecule has 0 spiro atoms. The predicted molar refractivity (Wildman–Crippen MR) is 108 cm³/mol. The lowest BCUT2D eigenvalue weighted by Crippen LogP contribution is -2.15. The van der Waals surface area contributed by atoms with E-state index in [1.54, 1.807) is 13.0 Å². The SMILES string of the molecule is Cc1cc2ccc(NC(=O)CCCc3ccc4c(c3)OCCO4)cc2[nH]c1=O. The molecule has 0 radical (unpaired) electrons. The number of fused-ring (bicyclic) bond motifs is 2. The molecule has 2 N–H and O–H groups in total. The van der Waals surface area contributed by atoms with E-state index in [1.807, 2.05) is 36.4 Å². The second-order valence-electron chi connectivity index (χ2n) is 6.96. The third-order valence-electron chi connectivity index (χ3n) is 4.79. The third-order valence-corrected chi connectivity index (χ3v) is 4.79. The zero-order valence-corrected chi connectivity index (χ0v) is 15.7. The van der Waals surface area contributed by atoms with Crippen molar-refractivity contribution in [1.82, 2.24) is 4.98 Å². The Kier molecular flexibility index (Phi) is 5.02. The summed E-state index contributed by atoms with van der Waals surface area (Å²) in [6.45, 7) is 2.92. The first kappa shape index (κ1) is 18.1. The molecule has 4 rings (SSSR count). The highest BCUT2D eigenvalue weighted by Gasteiger charge is 2.12. The van der Waals surface area contributed by atoms with E-state index in [-0.39, 0.29) is 11.5 Å². The number of benzene rings is 2. The van der Waals surface area contributed by atoms with Crippen molar-refractivity contribution in [3.8, 4) is 11.5 Å². The van der Waals surface area contributed by atoms with Gasteiger partial charge in [-0.05, 0) is 61.0 Å². The van der Waals surface area contributed by atoms with Crippen LogP contribution in [0.4, 0.5) is 5.69 Å². The Morgan fingerprint density at radius 1 is 1.07 bits per heavy atom. The predicted octanol–water partition coefficient (Wildman–Crippen LogP) is 3.57. The number of carbonyl (C=O) groups excluding carboxylic acids is 1. The van der Waals surface area contributed by atoms with E-state index >= 15 is 0 Å². The molecule has 0 unspecified atom stereocenters. The molecule has 1 aliphatic heterocycles. The van der Waals surface area contributed by atoms with Crippen LogP contribution in [0.1, 0.15) is 24.0 Å². The number of hydrogen-bond acceptors (Lipinski definition) is 4. The smallest absolute Gasteiger partial charge is 0.251 e. The van der Waals surface area contributed by atoms with Crippen molar-refractivity contribution in [2.45, 2.75) is 26.2 Å². The summed E-state index contributed by atoms with van der Waals surface area (Å²) in [5, 5.41) is 3.84. The number of carbonyl (C=O) groups is 1. The van der Waals surface area contributed by atoms with E-state index in [0.29, 0.717) is 36.4 Å². The lowest BCUT2D eigenvalue weighted by Gasteiger charge is -2.18. The molecule has 1 amide bonds. The van der Waals surface area contributed by atoms with Gasteiger partial charge in [0.25, 0.3) is 5.56 Å². The topological polar surface area (TPSA) is 80.4 Å². The summed E-state index contributed by atoms with van der Waals surface area (Å²) in [6.07, 6.45) is 1.93. The molecule has 0 bridgehead atoms. The standard InChI is InChI=1S/C22H22N2O4/c1-14-11-16-6-7-17(13-18(16)24-22(14)26)23-21(25)4-2-3-15-5-8-19-20(12-15)28-10-9-27-19/h5-8,11-13H,2-4,9-10H2,1H3,(H,23,25)(H,24,26). The van der Waals surface area contributed by atoms with Crippen molar-refractivity contribution < 1.29 is 14.3 Å². The largest absolute Gasteiger partial charge is 0.486 e. The molecule has 0 saturated carbocycles. The zero-order valence-electron chi connectivity index (χ0n) is 15.7. The van der Waals surface area contributed by atoms with Gasteiger partial charge in [-0.3, -0.25) is 9.59 Å². The van der Waals surface area contributed by atoms with Gasteiger partial charge in [-0.1, -0.05) is 12.1 Å². The molecule has 2 heterocycles. The first-order chi connectivity index (χ1) is 13.6. The van der Waals surface area contributed by atoms with E-state index < -0.39 is 0 Å². The summed E-state index contributed by atoms with van der Waals surface area (Å²) in [6, 6.07) is 13.3. The van der Waals surface area contributed by atoms with Gasteiger partial charge in [-0.15, -0.1) is 0 Å². The summed E-state index contributed by atoms with van der Waals surface area (Å²) in [4.78, 5) is 26.9. The van der Waals surface area contributed by atoms with Crippen LogP contribution in [0.25, 0.3) is 10.9 Å². The van der Waals surface area contributed by atoms with Crippen molar-refractivity contribution in [1.29, 1.82) is 0 Å². The first-order valence-electron chi connectivity index (χ1n) is 9.40. The summed E-state index contributed by atoms with van der Waals surface area (Å²) >= 11 is 0. The van der Waals surface area contributed by atoms with Crippen LogP contribution in [0, 0.1) is 6.92 Å². The van der Waals surface area contributed by atoms with E-state index in [0.717, 1.165) is 35.3 Å². The van der Waals surface area contributed by atoms with E-state index in [9.17, 15) is 9.59 Å². The second-order valence-corrected chi connectivity index (χ2v) is 6.96. The number of aromatic nitrogens is 1. The maximum Gasteiger partial charge on any atom is 0.251 e. The highest BCUT2D eigenvalue weighted by Crippen LogP contribution is 2.31. The fraction of sp³-hybridized carbons (Fsp3) is 0.273. The quantitative estimate of drug-likeness (QED) is 0.711. The summed E-state index contributed by atoms with van der Waals surface area (Å²) < 4.78 is 11.1. The molecule has 28 heavy (non-hydrogen) atoms. The molecule has 1 aliphatic rings. The molecule has 0 fully saturated rings. The van der Waals surface area contributed by atoms with E-state index in [2.05, 4.69) is 10.3 Å². The normalized spacial score (nSPS) is 12.8. The van der Waals surface area contributed by atoms with Crippen molar-refractivity contribution >= 4 is 22.5 Å². The van der Waals surface area contributed by atoms with Crippen LogP contribution >= 0.6 is 0 Å². The molecule has 1 aromatic heterocycles. The van der Waals surface area contributed by atoms with Crippen LogP contribution in [0.15, 0.2) is 47.3 Å². The Balaban J connectivity index is 1.34. The lowest BCUT2D eigenvalue weighted by atomic mass is 10.1. The minimum atomic E-state index is -0.115. The molecule has 2 aromatic carbocycles. The fourth-order valence-electron chi connectivity index (χ4n) is 3.31. The number of hydrogen-bond donors (Lipinski definition) is 2. The number of ether oxygens (including phenoxy) is 2. The van der Waals surface area contributed by atoms with Crippen LogP contribution in [0.3, 0.4) is 0 Å². The summed E-state index contributed by atoms with van der Waals surface area (Å²) in [5.41, 5.74) is 3.07. The van der Waals surface area contributed by atoms with Crippen LogP contribution in [-0.2, 0) is 11.2 Å². The van der Waals surface area contributed by atoms with E-state index in [4.69, 9.17) is 9.47 Å². The van der Waals surface area contributed by atoms with Crippen molar-refractivity contribution in [2.24, 2.45) is 0 Å². The first-order valence-corrected chi connectivity index (χ1v) is 9.40. The zero-order chi connectivity index (χ0) is 19.5. The van der Waals surface area contributed by atoms with Crippen LogP contribution in [0.2, 0.25) is 0 Å². The molecule has 0 saturated heterocycles. The number of rotatable bonds is 5. The van der Waals surface area contributed by atoms with Gasteiger partial charge in [0.15, 0.2) is 11.5 Å². The number of H-pyrrole nitrogens is 1. The molecule has 6 heteroatoms. The second kappa shape index (κ2) is 7.76. The Hall–Kier alpha value is -3.28. The van der Waals surface area contributed by atoms with Gasteiger partial charge < -0.3 is 19.8 Å². The molecule has 0 atom stereocenters.